The van der Waals surface area contributed by atoms with Crippen LogP contribution in [0.3, 0.4) is 0 Å². The minimum Gasteiger partial charge on any atom is -0.439 e. The Bertz CT molecular complexity index is 1120. The maximum Gasteiger partial charge on any atom is 0.323 e. The third-order valence-electron chi connectivity index (χ3n) is 3.78. The molecule has 4 aromatic rings. The molecule has 0 unspecified atom stereocenters. The largest absolute Gasteiger partial charge is 0.439 e. The lowest BCUT2D eigenvalue weighted by atomic mass is 10.3. The highest BCUT2D eigenvalue weighted by Crippen LogP contribution is 2.22. The number of nitrogens with one attached hydrogen (secondary N) is 2. The molecule has 8 nitrogen and oxygen atoms in total. The summed E-state index contributed by atoms with van der Waals surface area (Å²) in [5.74, 6) is 1.54. The summed E-state index contributed by atoms with van der Waals surface area (Å²) in [4.78, 5) is 20.4. The Labute approximate surface area is 171 Å². The molecule has 0 aliphatic carbocycles. The van der Waals surface area contributed by atoms with Gasteiger partial charge in [-0.1, -0.05) is 17.7 Å². The molecule has 0 fully saturated rings. The predicted octanol–water partition coefficient (Wildman–Crippen LogP) is 4.75. The second-order valence-electron chi connectivity index (χ2n) is 5.88. The van der Waals surface area contributed by atoms with Gasteiger partial charge in [0.2, 0.25) is 5.88 Å². The number of anilines is 2. The minimum atomic E-state index is -0.374. The topological polar surface area (TPSA) is 94.0 Å². The molecule has 0 saturated heterocycles. The molecule has 9 heteroatoms. The molecule has 0 saturated carbocycles. The Kier molecular flexibility index (Phi) is 5.35. The van der Waals surface area contributed by atoms with Crippen LogP contribution in [-0.2, 0) is 0 Å². The third kappa shape index (κ3) is 4.88. The van der Waals surface area contributed by atoms with Gasteiger partial charge in [-0.15, -0.1) is 0 Å². The van der Waals surface area contributed by atoms with Crippen LogP contribution in [0.2, 0.25) is 5.02 Å². The van der Waals surface area contributed by atoms with Gasteiger partial charge < -0.3 is 15.4 Å². The highest BCUT2D eigenvalue weighted by molar-refractivity contribution is 6.30. The number of halogens is 1. The number of benzene rings is 2. The molecule has 0 atom stereocenters. The van der Waals surface area contributed by atoms with Crippen molar-refractivity contribution in [3.05, 3.63) is 84.4 Å². The Balaban J connectivity index is 1.38. The van der Waals surface area contributed by atoms with E-state index in [2.05, 4.69) is 25.7 Å². The van der Waals surface area contributed by atoms with Gasteiger partial charge in [0.05, 0.1) is 0 Å². The van der Waals surface area contributed by atoms with Crippen LogP contribution in [0.1, 0.15) is 0 Å². The van der Waals surface area contributed by atoms with Crippen molar-refractivity contribution in [2.24, 2.45) is 0 Å². The summed E-state index contributed by atoms with van der Waals surface area (Å²) in [7, 11) is 0. The molecule has 0 bridgehead atoms. The number of nitrogens with zero attached hydrogens (tertiary/aromatic N) is 4. The zero-order valence-corrected chi connectivity index (χ0v) is 15.7. The number of hydrogen-bond donors (Lipinski definition) is 2. The number of urea groups is 1. The lowest BCUT2D eigenvalue weighted by Crippen LogP contribution is -2.19. The van der Waals surface area contributed by atoms with E-state index in [1.807, 2.05) is 0 Å². The van der Waals surface area contributed by atoms with Crippen LogP contribution in [0.15, 0.2) is 79.4 Å². The van der Waals surface area contributed by atoms with E-state index in [0.29, 0.717) is 33.8 Å². The highest BCUT2D eigenvalue weighted by Gasteiger charge is 2.06. The Hall–Kier alpha value is -3.91. The Morgan fingerprint density at radius 2 is 1.79 bits per heavy atom. The van der Waals surface area contributed by atoms with Crippen LogP contribution in [-0.4, -0.2) is 25.8 Å². The quantitative estimate of drug-likeness (QED) is 0.498. The summed E-state index contributed by atoms with van der Waals surface area (Å²) in [5.41, 5.74) is 1.21. The van der Waals surface area contributed by atoms with Crippen molar-refractivity contribution in [2.75, 3.05) is 10.6 Å². The van der Waals surface area contributed by atoms with Gasteiger partial charge in [-0.3, -0.25) is 0 Å². The normalized spacial score (nSPS) is 10.4. The van der Waals surface area contributed by atoms with Crippen molar-refractivity contribution >= 4 is 29.0 Å². The van der Waals surface area contributed by atoms with E-state index in [-0.39, 0.29) is 6.03 Å². The molecular weight excluding hydrogens is 392 g/mol. The first-order valence-corrected chi connectivity index (χ1v) is 8.97. The molecule has 2 aromatic heterocycles. The van der Waals surface area contributed by atoms with Crippen LogP contribution in [0.25, 0.3) is 5.82 Å². The van der Waals surface area contributed by atoms with Gasteiger partial charge in [0, 0.05) is 34.9 Å². The average Bonchev–Trinajstić information content (AvgIpc) is 3.25. The van der Waals surface area contributed by atoms with Crippen LogP contribution in [0.4, 0.5) is 16.2 Å². The molecule has 0 spiro atoms. The van der Waals surface area contributed by atoms with Crippen molar-refractivity contribution in [3.63, 3.8) is 0 Å². The first-order chi connectivity index (χ1) is 14.2. The van der Waals surface area contributed by atoms with Crippen molar-refractivity contribution in [1.82, 2.24) is 19.7 Å². The molecule has 2 N–H and O–H groups in total. The van der Waals surface area contributed by atoms with Crippen molar-refractivity contribution in [3.8, 4) is 17.4 Å². The minimum absolute atomic E-state index is 0.374. The fourth-order valence-corrected chi connectivity index (χ4v) is 2.69. The van der Waals surface area contributed by atoms with Gasteiger partial charge in [-0.25, -0.2) is 19.4 Å². The van der Waals surface area contributed by atoms with Crippen LogP contribution < -0.4 is 15.4 Å². The number of hydrogen-bond acceptors (Lipinski definition) is 5. The molecule has 0 aliphatic heterocycles. The fourth-order valence-electron chi connectivity index (χ4n) is 2.50. The van der Waals surface area contributed by atoms with Crippen LogP contribution in [0.5, 0.6) is 11.6 Å². The van der Waals surface area contributed by atoms with E-state index in [9.17, 15) is 4.79 Å². The van der Waals surface area contributed by atoms with Gasteiger partial charge in [0.25, 0.3) is 0 Å². The van der Waals surface area contributed by atoms with Gasteiger partial charge in [-0.2, -0.15) is 5.10 Å². The molecule has 0 radical (unpaired) electrons. The number of rotatable bonds is 5. The number of carbonyl (C=O) groups is 1. The zero-order chi connectivity index (χ0) is 20.1. The zero-order valence-electron chi connectivity index (χ0n) is 15.0. The fraction of sp³-hybridized carbons (Fsp3) is 0. The number of carbonyl (C=O) groups excluding carboxylic acids is 1. The van der Waals surface area contributed by atoms with E-state index in [1.165, 1.54) is 6.33 Å². The van der Waals surface area contributed by atoms with Gasteiger partial charge >= 0.3 is 6.03 Å². The third-order valence-corrected chi connectivity index (χ3v) is 4.02. The van der Waals surface area contributed by atoms with Gasteiger partial charge in [0.1, 0.15) is 12.1 Å². The Morgan fingerprint density at radius 1 is 0.966 bits per heavy atom. The molecule has 2 aromatic carbocycles. The van der Waals surface area contributed by atoms with E-state index in [1.54, 1.807) is 77.7 Å². The predicted molar refractivity (Wildman–Crippen MR) is 110 cm³/mol. The summed E-state index contributed by atoms with van der Waals surface area (Å²) in [6, 6.07) is 16.9. The van der Waals surface area contributed by atoms with Crippen molar-refractivity contribution < 1.29 is 9.53 Å². The Morgan fingerprint density at radius 3 is 2.55 bits per heavy atom. The highest BCUT2D eigenvalue weighted by atomic mass is 35.5. The van der Waals surface area contributed by atoms with E-state index in [4.69, 9.17) is 16.3 Å². The second-order valence-corrected chi connectivity index (χ2v) is 6.32. The number of amides is 2. The first-order valence-electron chi connectivity index (χ1n) is 8.59. The SMILES string of the molecule is O=C(Nc1ccc(Oc2cc(-n3cccn3)ncn2)cc1)Nc1cccc(Cl)c1. The van der Waals surface area contributed by atoms with E-state index >= 15 is 0 Å². The maximum absolute atomic E-state index is 12.1. The summed E-state index contributed by atoms with van der Waals surface area (Å²) in [6.07, 6.45) is 4.85. The monoisotopic (exact) mass is 406 g/mol. The molecule has 29 heavy (non-hydrogen) atoms. The molecule has 2 heterocycles. The first kappa shape index (κ1) is 18.5. The lowest BCUT2D eigenvalue weighted by molar-refractivity contribution is 0.262. The molecule has 2 amide bonds. The molecular formula is C20H15ClN6O2. The second kappa shape index (κ2) is 8.41. The van der Waals surface area contributed by atoms with Gasteiger partial charge in [0.15, 0.2) is 5.82 Å². The van der Waals surface area contributed by atoms with E-state index < -0.39 is 0 Å². The maximum atomic E-state index is 12.1. The summed E-state index contributed by atoms with van der Waals surface area (Å²) >= 11 is 5.91. The van der Waals surface area contributed by atoms with Crippen LogP contribution in [0, 0.1) is 0 Å². The van der Waals surface area contributed by atoms with Gasteiger partial charge in [-0.05, 0) is 48.5 Å². The summed E-state index contributed by atoms with van der Waals surface area (Å²) in [6.45, 7) is 0. The molecule has 0 aliphatic rings. The number of aromatic nitrogens is 4. The standard InChI is InChI=1S/C20H15ClN6O2/c21-14-3-1-4-16(11-14)26-20(28)25-15-5-7-17(8-6-15)29-19-12-18(22-13-23-19)27-10-2-9-24-27/h1-13H,(H2,25,26,28). The number of ether oxygens (including phenoxy) is 1. The van der Waals surface area contributed by atoms with Crippen molar-refractivity contribution in [1.29, 1.82) is 0 Å². The van der Waals surface area contributed by atoms with Crippen molar-refractivity contribution in [2.45, 2.75) is 0 Å². The molecule has 144 valence electrons. The smallest absolute Gasteiger partial charge is 0.323 e. The van der Waals surface area contributed by atoms with Crippen LogP contribution >= 0.6 is 11.6 Å². The van der Waals surface area contributed by atoms with E-state index in [0.717, 1.165) is 0 Å². The summed E-state index contributed by atoms with van der Waals surface area (Å²) < 4.78 is 7.36. The lowest BCUT2D eigenvalue weighted by Gasteiger charge is -2.09. The summed E-state index contributed by atoms with van der Waals surface area (Å²) in [5, 5.41) is 10.1. The average molecular weight is 407 g/mol. The molecule has 4 rings (SSSR count).